The molecule has 35 heavy (non-hydrogen) atoms. The number of hydrogen-bond donors (Lipinski definition) is 2. The Morgan fingerprint density at radius 1 is 1.06 bits per heavy atom. The van der Waals surface area contributed by atoms with Gasteiger partial charge in [0, 0.05) is 29.0 Å². The van der Waals surface area contributed by atoms with Crippen molar-refractivity contribution >= 4 is 40.9 Å². The predicted octanol–water partition coefficient (Wildman–Crippen LogP) is 3.86. The van der Waals surface area contributed by atoms with E-state index in [1.165, 1.54) is 27.4 Å². The molecule has 2 aliphatic carbocycles. The highest BCUT2D eigenvalue weighted by molar-refractivity contribution is 8.00. The molecule has 0 unspecified atom stereocenters. The van der Waals surface area contributed by atoms with Crippen molar-refractivity contribution in [2.75, 3.05) is 6.54 Å². The Balaban J connectivity index is 1.28. The van der Waals surface area contributed by atoms with Crippen LogP contribution in [0.3, 0.4) is 0 Å². The number of carbonyl (C=O) groups excluding carboxylic acids is 2. The van der Waals surface area contributed by atoms with Crippen LogP contribution in [0.4, 0.5) is 0 Å². The molecule has 0 spiro atoms. The molecule has 1 aromatic carbocycles. The normalized spacial score (nSPS) is 32.6. The van der Waals surface area contributed by atoms with E-state index in [4.69, 9.17) is 5.11 Å². The third-order valence-electron chi connectivity index (χ3n) is 8.52. The second-order valence-corrected chi connectivity index (χ2v) is 12.6. The van der Waals surface area contributed by atoms with Crippen LogP contribution >= 0.6 is 23.1 Å². The summed E-state index contributed by atoms with van der Waals surface area (Å²) < 4.78 is 0. The fourth-order valence-corrected chi connectivity index (χ4v) is 10.1. The molecule has 184 valence electrons. The number of H-pyrrole nitrogens is 1. The van der Waals surface area contributed by atoms with Crippen molar-refractivity contribution in [2.24, 2.45) is 29.6 Å². The van der Waals surface area contributed by atoms with Gasteiger partial charge in [-0.15, -0.1) is 11.8 Å². The first-order valence-corrected chi connectivity index (χ1v) is 14.1. The second-order valence-electron chi connectivity index (χ2n) is 10.4. The summed E-state index contributed by atoms with van der Waals surface area (Å²) in [6.07, 6.45) is 2.90. The molecule has 1 aromatic heterocycles. The number of fused-ring (bicyclic) bond motifs is 9. The average Bonchev–Trinajstić information content (AvgIpc) is 3.54. The Labute approximate surface area is 211 Å². The van der Waals surface area contributed by atoms with Gasteiger partial charge >= 0.3 is 10.8 Å². The molecule has 2 bridgehead atoms. The van der Waals surface area contributed by atoms with Crippen molar-refractivity contribution < 1.29 is 19.5 Å². The number of carbonyl (C=O) groups is 3. The van der Waals surface area contributed by atoms with Crippen LogP contribution in [0, 0.1) is 36.5 Å². The zero-order valence-electron chi connectivity index (χ0n) is 19.4. The van der Waals surface area contributed by atoms with Crippen LogP contribution in [0.25, 0.3) is 0 Å². The monoisotopic (exact) mass is 512 g/mol. The van der Waals surface area contributed by atoms with Gasteiger partial charge in [0.1, 0.15) is 0 Å². The number of thiazole rings is 1. The number of hydrogen-bond acceptors (Lipinski definition) is 6. The average molecular weight is 513 g/mol. The molecule has 6 rings (SSSR count). The second kappa shape index (κ2) is 8.62. The summed E-state index contributed by atoms with van der Waals surface area (Å²) in [5, 5.41) is 9.97. The lowest BCUT2D eigenvalue weighted by Crippen LogP contribution is -2.42. The minimum absolute atomic E-state index is 0.0371. The summed E-state index contributed by atoms with van der Waals surface area (Å²) in [6, 6.07) is 8.51. The van der Waals surface area contributed by atoms with Gasteiger partial charge in [0.25, 0.3) is 0 Å². The van der Waals surface area contributed by atoms with E-state index >= 15 is 0 Å². The summed E-state index contributed by atoms with van der Waals surface area (Å²) >= 11 is 2.99. The lowest BCUT2D eigenvalue weighted by atomic mass is 9.68. The molecule has 2 N–H and O–H groups in total. The number of rotatable bonds is 7. The highest BCUT2D eigenvalue weighted by Gasteiger charge is 2.69. The minimum atomic E-state index is -0.817. The smallest absolute Gasteiger partial charge is 0.305 e. The van der Waals surface area contributed by atoms with Crippen LogP contribution in [0.2, 0.25) is 0 Å². The summed E-state index contributed by atoms with van der Waals surface area (Å²) in [5.74, 6) is -0.867. The van der Waals surface area contributed by atoms with Crippen LogP contribution in [0.1, 0.15) is 54.0 Å². The molecule has 3 fully saturated rings. The van der Waals surface area contributed by atoms with Gasteiger partial charge in [0.2, 0.25) is 11.8 Å². The Morgan fingerprint density at radius 3 is 2.49 bits per heavy atom. The predicted molar refractivity (Wildman–Crippen MR) is 132 cm³/mol. The number of thioether (sulfide) groups is 1. The molecule has 1 saturated heterocycles. The molecular formula is C26H28N2O5S2. The van der Waals surface area contributed by atoms with Crippen molar-refractivity contribution in [3.05, 3.63) is 49.9 Å². The number of amides is 2. The number of nitrogens with one attached hydrogen (secondary N) is 1. The number of unbranched alkanes of at least 4 members (excludes halogenated alkanes) is 2. The van der Waals surface area contributed by atoms with Crippen molar-refractivity contribution in [1.82, 2.24) is 9.88 Å². The Morgan fingerprint density at radius 2 is 1.77 bits per heavy atom. The Hall–Kier alpha value is -2.39. The van der Waals surface area contributed by atoms with Gasteiger partial charge in [-0.1, -0.05) is 47.6 Å². The molecule has 2 aromatic rings. The maximum Gasteiger partial charge on any atom is 0.305 e. The number of aromatic amines is 1. The fraction of sp³-hybridized carbons (Fsp3) is 0.538. The molecule has 2 aliphatic heterocycles. The van der Waals surface area contributed by atoms with Crippen molar-refractivity contribution in [3.8, 4) is 0 Å². The first-order valence-electron chi connectivity index (χ1n) is 12.4. The maximum atomic E-state index is 13.5. The number of carboxylic acid groups (broad SMARTS) is 1. The van der Waals surface area contributed by atoms with Crippen LogP contribution in [-0.2, 0) is 14.4 Å². The van der Waals surface area contributed by atoms with Gasteiger partial charge in [0.05, 0.1) is 16.9 Å². The topological polar surface area (TPSA) is 108 Å². The third kappa shape index (κ3) is 3.61. The van der Waals surface area contributed by atoms with Gasteiger partial charge in [-0.05, 0) is 49.5 Å². The zero-order chi connectivity index (χ0) is 24.4. The summed E-state index contributed by atoms with van der Waals surface area (Å²) in [7, 11) is 0. The third-order valence-corrected chi connectivity index (χ3v) is 11.1. The number of nitrogens with zero attached hydrogens (tertiary/aromatic N) is 1. The number of carboxylic acids is 1. The van der Waals surface area contributed by atoms with Gasteiger partial charge < -0.3 is 10.1 Å². The molecule has 7 nitrogen and oxygen atoms in total. The molecule has 2 saturated carbocycles. The standard InChI is InChI=1S/C26H28N2O5S2/c1-12-6-8-13(9-7-12)17-18-14-11-15(21(18)34-23-22(17)35-26(33)27-23)20-19(14)24(31)28(25(20)32)10-4-2-3-5-16(29)30/h6-9,14-15,17-21H,2-5,10-11H2,1H3,(H,27,33)(H,29,30)/t14-,15+,17+,18+,19+,20+,21+/m0/s1. The van der Waals surface area contributed by atoms with Crippen molar-refractivity contribution in [1.29, 1.82) is 0 Å². The van der Waals surface area contributed by atoms with E-state index in [1.54, 1.807) is 11.8 Å². The van der Waals surface area contributed by atoms with Gasteiger partial charge in [-0.2, -0.15) is 0 Å². The first kappa shape index (κ1) is 23.0. The molecule has 4 aliphatic rings. The van der Waals surface area contributed by atoms with Crippen LogP contribution in [-0.4, -0.2) is 44.6 Å². The van der Waals surface area contributed by atoms with Crippen LogP contribution in [0.15, 0.2) is 34.1 Å². The van der Waals surface area contributed by atoms with E-state index in [0.717, 1.165) is 16.3 Å². The summed E-state index contributed by atoms with van der Waals surface area (Å²) in [6.45, 7) is 2.44. The molecule has 7 atom stereocenters. The van der Waals surface area contributed by atoms with E-state index in [0.29, 0.717) is 25.8 Å². The lowest BCUT2D eigenvalue weighted by Gasteiger charge is -2.43. The number of likely N-dealkylation sites (tertiary alicyclic amines) is 1. The van der Waals surface area contributed by atoms with E-state index in [-0.39, 0.29) is 63.9 Å². The summed E-state index contributed by atoms with van der Waals surface area (Å²) in [5.41, 5.74) is 2.36. The minimum Gasteiger partial charge on any atom is -0.481 e. The highest BCUT2D eigenvalue weighted by Crippen LogP contribution is 2.68. The van der Waals surface area contributed by atoms with E-state index in [1.807, 2.05) is 0 Å². The fourth-order valence-electron chi connectivity index (χ4n) is 7.17. The van der Waals surface area contributed by atoms with E-state index in [2.05, 4.69) is 36.2 Å². The van der Waals surface area contributed by atoms with Crippen molar-refractivity contribution in [2.45, 2.75) is 55.2 Å². The number of benzene rings is 1. The summed E-state index contributed by atoms with van der Waals surface area (Å²) in [4.78, 5) is 55.5. The van der Waals surface area contributed by atoms with Crippen LogP contribution < -0.4 is 4.87 Å². The quantitative estimate of drug-likeness (QED) is 0.431. The van der Waals surface area contributed by atoms with Gasteiger partial charge in [-0.25, -0.2) is 0 Å². The molecule has 2 amide bonds. The zero-order valence-corrected chi connectivity index (χ0v) is 21.1. The number of imide groups is 1. The highest BCUT2D eigenvalue weighted by atomic mass is 32.2. The largest absolute Gasteiger partial charge is 0.481 e. The van der Waals surface area contributed by atoms with Crippen molar-refractivity contribution in [3.63, 3.8) is 0 Å². The molecule has 0 radical (unpaired) electrons. The number of aromatic nitrogens is 1. The Bertz CT molecular complexity index is 1250. The number of aryl methyl sites for hydroxylation is 1. The number of aliphatic carboxylic acids is 1. The van der Waals surface area contributed by atoms with Gasteiger partial charge in [0.15, 0.2) is 0 Å². The SMILES string of the molecule is Cc1ccc([C@H]2c3sc(=O)[nH]c3S[C@@H]3[C@@H]4C[C@H]([C@H]5C(=O)N(CCCCCC(=O)O)C(=O)[C@H]45)[C@H]23)cc1. The molecule has 3 heterocycles. The lowest BCUT2D eigenvalue weighted by molar-refractivity contribution is -0.141. The van der Waals surface area contributed by atoms with Gasteiger partial charge in [-0.3, -0.25) is 24.1 Å². The molecule has 9 heteroatoms. The Kier molecular flexibility index (Phi) is 5.67. The first-order chi connectivity index (χ1) is 16.8. The van der Waals surface area contributed by atoms with E-state index in [9.17, 15) is 19.2 Å². The molecular weight excluding hydrogens is 484 g/mol. The van der Waals surface area contributed by atoms with Crippen LogP contribution in [0.5, 0.6) is 0 Å². The maximum absolute atomic E-state index is 13.5. The van der Waals surface area contributed by atoms with E-state index < -0.39 is 5.97 Å².